The molecule has 2 nitrogen and oxygen atoms in total. The standard InChI is InChI=1S/C18H19ClN2/c1-3-5-14-8-10-15(11-9-14)21-16-7-4-6-13(2)18(16)20-17(21)12-19/h4,6-11H,3,5,12H2,1-2H3. The minimum Gasteiger partial charge on any atom is -0.295 e. The molecule has 0 unspecified atom stereocenters. The topological polar surface area (TPSA) is 17.8 Å². The third-order valence-electron chi connectivity index (χ3n) is 3.81. The Bertz CT molecular complexity index is 757. The molecule has 0 saturated heterocycles. The molecule has 0 amide bonds. The van der Waals surface area contributed by atoms with Crippen molar-refractivity contribution in [1.82, 2.24) is 9.55 Å². The lowest BCUT2D eigenvalue weighted by Gasteiger charge is -2.09. The number of aromatic nitrogens is 2. The van der Waals surface area contributed by atoms with Gasteiger partial charge in [-0.3, -0.25) is 4.57 Å². The molecule has 0 spiro atoms. The fourth-order valence-corrected chi connectivity index (χ4v) is 2.94. The van der Waals surface area contributed by atoms with Crippen molar-refractivity contribution in [2.45, 2.75) is 32.6 Å². The molecular formula is C18H19ClN2. The number of benzene rings is 2. The Labute approximate surface area is 130 Å². The van der Waals surface area contributed by atoms with Crippen molar-refractivity contribution in [1.29, 1.82) is 0 Å². The molecule has 0 aliphatic carbocycles. The van der Waals surface area contributed by atoms with Crippen LogP contribution in [0.1, 0.15) is 30.3 Å². The first-order valence-electron chi connectivity index (χ1n) is 7.36. The highest BCUT2D eigenvalue weighted by Crippen LogP contribution is 2.25. The summed E-state index contributed by atoms with van der Waals surface area (Å²) in [5.74, 6) is 1.30. The maximum atomic E-state index is 6.10. The van der Waals surface area contributed by atoms with Crippen LogP contribution in [0.2, 0.25) is 0 Å². The number of aryl methyl sites for hydroxylation is 2. The van der Waals surface area contributed by atoms with Gasteiger partial charge in [0, 0.05) is 5.69 Å². The van der Waals surface area contributed by atoms with E-state index in [2.05, 4.69) is 60.9 Å². The van der Waals surface area contributed by atoms with Crippen molar-refractivity contribution in [3.63, 3.8) is 0 Å². The third-order valence-corrected chi connectivity index (χ3v) is 4.05. The molecule has 1 heterocycles. The molecule has 0 atom stereocenters. The van der Waals surface area contributed by atoms with Crippen molar-refractivity contribution in [3.05, 3.63) is 59.4 Å². The van der Waals surface area contributed by atoms with Gasteiger partial charge in [0.15, 0.2) is 0 Å². The predicted octanol–water partition coefficient (Wildman–Crippen LogP) is 5.03. The molecule has 3 heteroatoms. The van der Waals surface area contributed by atoms with E-state index in [0.29, 0.717) is 5.88 Å². The van der Waals surface area contributed by atoms with Gasteiger partial charge in [-0.15, -0.1) is 11.6 Å². The molecule has 2 aromatic carbocycles. The second-order valence-electron chi connectivity index (χ2n) is 5.36. The van der Waals surface area contributed by atoms with E-state index < -0.39 is 0 Å². The van der Waals surface area contributed by atoms with E-state index in [4.69, 9.17) is 16.6 Å². The molecule has 0 bridgehead atoms. The Morgan fingerprint density at radius 3 is 2.52 bits per heavy atom. The second-order valence-corrected chi connectivity index (χ2v) is 5.62. The van der Waals surface area contributed by atoms with E-state index in [0.717, 1.165) is 29.0 Å². The van der Waals surface area contributed by atoms with Gasteiger partial charge in [0.1, 0.15) is 5.82 Å². The highest BCUT2D eigenvalue weighted by atomic mass is 35.5. The Morgan fingerprint density at radius 1 is 1.10 bits per heavy atom. The SMILES string of the molecule is CCCc1ccc(-n2c(CCl)nc3c(C)cccc32)cc1. The van der Waals surface area contributed by atoms with Crippen LogP contribution >= 0.6 is 11.6 Å². The molecule has 3 rings (SSSR count). The fraction of sp³-hybridized carbons (Fsp3) is 0.278. The average molecular weight is 299 g/mol. The number of rotatable bonds is 4. The van der Waals surface area contributed by atoms with Gasteiger partial charge in [-0.1, -0.05) is 37.6 Å². The van der Waals surface area contributed by atoms with Crippen LogP contribution in [0.3, 0.4) is 0 Å². The number of alkyl halides is 1. The summed E-state index contributed by atoms with van der Waals surface area (Å²) in [7, 11) is 0. The van der Waals surface area contributed by atoms with Gasteiger partial charge in [0.25, 0.3) is 0 Å². The second kappa shape index (κ2) is 5.90. The molecule has 0 saturated carbocycles. The van der Waals surface area contributed by atoms with Crippen LogP contribution in [0, 0.1) is 6.92 Å². The molecule has 0 radical (unpaired) electrons. The Morgan fingerprint density at radius 2 is 1.86 bits per heavy atom. The van der Waals surface area contributed by atoms with Crippen molar-refractivity contribution in [3.8, 4) is 5.69 Å². The highest BCUT2D eigenvalue weighted by Gasteiger charge is 2.12. The summed E-state index contributed by atoms with van der Waals surface area (Å²) in [5, 5.41) is 0. The highest BCUT2D eigenvalue weighted by molar-refractivity contribution is 6.17. The van der Waals surface area contributed by atoms with Crippen LogP contribution in [0.25, 0.3) is 16.7 Å². The Hall–Kier alpha value is -1.80. The number of fused-ring (bicyclic) bond motifs is 1. The van der Waals surface area contributed by atoms with Crippen LogP contribution in [0.4, 0.5) is 0 Å². The molecular weight excluding hydrogens is 280 g/mol. The molecule has 0 aliphatic rings. The van der Waals surface area contributed by atoms with E-state index in [1.165, 1.54) is 17.5 Å². The summed E-state index contributed by atoms with van der Waals surface area (Å²) in [5.41, 5.74) is 5.83. The summed E-state index contributed by atoms with van der Waals surface area (Å²) < 4.78 is 2.16. The molecule has 21 heavy (non-hydrogen) atoms. The van der Waals surface area contributed by atoms with Crippen molar-refractivity contribution in [2.75, 3.05) is 0 Å². The van der Waals surface area contributed by atoms with Crippen molar-refractivity contribution < 1.29 is 0 Å². The summed E-state index contributed by atoms with van der Waals surface area (Å²) >= 11 is 6.10. The van der Waals surface area contributed by atoms with Crippen LogP contribution in [-0.2, 0) is 12.3 Å². The lowest BCUT2D eigenvalue weighted by molar-refractivity contribution is 0.918. The van der Waals surface area contributed by atoms with Crippen LogP contribution in [0.15, 0.2) is 42.5 Å². The normalized spacial score (nSPS) is 11.2. The van der Waals surface area contributed by atoms with E-state index in [9.17, 15) is 0 Å². The number of hydrogen-bond donors (Lipinski definition) is 0. The molecule has 0 fully saturated rings. The van der Waals surface area contributed by atoms with Gasteiger partial charge in [-0.05, 0) is 42.7 Å². The first kappa shape index (κ1) is 14.2. The van der Waals surface area contributed by atoms with Gasteiger partial charge >= 0.3 is 0 Å². The first-order valence-corrected chi connectivity index (χ1v) is 7.90. The lowest BCUT2D eigenvalue weighted by Crippen LogP contribution is -1.99. The summed E-state index contributed by atoms with van der Waals surface area (Å²) in [6.45, 7) is 4.29. The van der Waals surface area contributed by atoms with Gasteiger partial charge in [0.05, 0.1) is 16.9 Å². The van der Waals surface area contributed by atoms with Crippen molar-refractivity contribution in [2.24, 2.45) is 0 Å². The van der Waals surface area contributed by atoms with E-state index >= 15 is 0 Å². The predicted molar refractivity (Wildman–Crippen MR) is 89.4 cm³/mol. The number of nitrogens with zero attached hydrogens (tertiary/aromatic N) is 2. The minimum absolute atomic E-state index is 0.408. The zero-order valence-electron chi connectivity index (χ0n) is 12.4. The Balaban J connectivity index is 2.16. The summed E-state index contributed by atoms with van der Waals surface area (Å²) in [6.07, 6.45) is 2.28. The summed E-state index contributed by atoms with van der Waals surface area (Å²) in [4.78, 5) is 4.70. The third kappa shape index (κ3) is 2.56. The molecule has 0 N–H and O–H groups in total. The molecule has 108 valence electrons. The zero-order valence-corrected chi connectivity index (χ0v) is 13.2. The fourth-order valence-electron chi connectivity index (χ4n) is 2.77. The van der Waals surface area contributed by atoms with E-state index in [1.807, 2.05) is 0 Å². The number of hydrogen-bond acceptors (Lipinski definition) is 1. The zero-order chi connectivity index (χ0) is 14.8. The van der Waals surface area contributed by atoms with Crippen LogP contribution < -0.4 is 0 Å². The van der Waals surface area contributed by atoms with Gasteiger partial charge in [0.2, 0.25) is 0 Å². The quantitative estimate of drug-likeness (QED) is 0.618. The van der Waals surface area contributed by atoms with Crippen LogP contribution in [0.5, 0.6) is 0 Å². The minimum atomic E-state index is 0.408. The van der Waals surface area contributed by atoms with Gasteiger partial charge < -0.3 is 0 Å². The average Bonchev–Trinajstić information content (AvgIpc) is 2.88. The largest absolute Gasteiger partial charge is 0.295 e. The summed E-state index contributed by atoms with van der Waals surface area (Å²) in [6, 6.07) is 15.0. The molecule has 3 aromatic rings. The molecule has 1 aromatic heterocycles. The van der Waals surface area contributed by atoms with Crippen molar-refractivity contribution >= 4 is 22.6 Å². The maximum absolute atomic E-state index is 6.10. The number of imidazole rings is 1. The lowest BCUT2D eigenvalue weighted by atomic mass is 10.1. The van der Waals surface area contributed by atoms with E-state index in [-0.39, 0.29) is 0 Å². The molecule has 0 aliphatic heterocycles. The van der Waals surface area contributed by atoms with E-state index in [1.54, 1.807) is 0 Å². The Kier molecular flexibility index (Phi) is 3.98. The first-order chi connectivity index (χ1) is 10.2. The maximum Gasteiger partial charge on any atom is 0.129 e. The number of halogens is 1. The number of para-hydroxylation sites is 1. The van der Waals surface area contributed by atoms with Gasteiger partial charge in [-0.25, -0.2) is 4.98 Å². The van der Waals surface area contributed by atoms with Gasteiger partial charge in [-0.2, -0.15) is 0 Å². The van der Waals surface area contributed by atoms with Crippen LogP contribution in [-0.4, -0.2) is 9.55 Å². The monoisotopic (exact) mass is 298 g/mol. The smallest absolute Gasteiger partial charge is 0.129 e.